The first kappa shape index (κ1) is 10.7. The number of primary amides is 1. The van der Waals surface area contributed by atoms with Gasteiger partial charge in [0.2, 0.25) is 0 Å². The molecule has 0 atom stereocenters. The Labute approximate surface area is 100 Å². The van der Waals surface area contributed by atoms with Gasteiger partial charge in [0.1, 0.15) is 5.69 Å². The molecule has 0 saturated carbocycles. The number of hydrogen-bond acceptors (Lipinski definition) is 3. The van der Waals surface area contributed by atoms with E-state index in [1.165, 1.54) is 0 Å². The number of aromatic nitrogens is 2. The molecule has 0 saturated heterocycles. The zero-order valence-corrected chi connectivity index (χ0v) is 9.81. The second-order valence-corrected chi connectivity index (χ2v) is 4.07. The molecule has 5 nitrogen and oxygen atoms in total. The number of nitrogens with two attached hydrogens (primary N) is 2. The molecular weight excluding hydrogens is 272 g/mol. The van der Waals surface area contributed by atoms with Crippen molar-refractivity contribution >= 4 is 27.5 Å². The van der Waals surface area contributed by atoms with Gasteiger partial charge in [-0.15, -0.1) is 0 Å². The van der Waals surface area contributed by atoms with Gasteiger partial charge in [-0.3, -0.25) is 4.79 Å². The van der Waals surface area contributed by atoms with Crippen molar-refractivity contribution in [1.82, 2.24) is 9.78 Å². The Morgan fingerprint density at radius 1 is 1.38 bits per heavy atom. The third kappa shape index (κ3) is 1.92. The predicted molar refractivity (Wildman–Crippen MR) is 64.2 cm³/mol. The number of carbonyl (C=O) groups excluding carboxylic acids is 1. The number of carbonyl (C=O) groups is 1. The normalized spacial score (nSPS) is 10.3. The first-order valence-corrected chi connectivity index (χ1v) is 5.28. The number of rotatable bonds is 2. The summed E-state index contributed by atoms with van der Waals surface area (Å²) in [6.45, 7) is 0. The Morgan fingerprint density at radius 2 is 2.12 bits per heavy atom. The van der Waals surface area contributed by atoms with Crippen molar-refractivity contribution < 1.29 is 4.79 Å². The van der Waals surface area contributed by atoms with Crippen LogP contribution in [0.1, 0.15) is 10.5 Å². The molecule has 0 spiro atoms. The summed E-state index contributed by atoms with van der Waals surface area (Å²) in [5, 5.41) is 4.04. The topological polar surface area (TPSA) is 86.9 Å². The SMILES string of the molecule is NC(=O)c1ccn(-c2ccc(N)cc2Br)n1. The molecular formula is C10H9BrN4O. The smallest absolute Gasteiger partial charge is 0.269 e. The number of anilines is 1. The molecule has 1 heterocycles. The van der Waals surface area contributed by atoms with Gasteiger partial charge in [0, 0.05) is 16.4 Å². The first-order chi connectivity index (χ1) is 7.58. The second kappa shape index (κ2) is 3.97. The zero-order chi connectivity index (χ0) is 11.7. The molecule has 16 heavy (non-hydrogen) atoms. The lowest BCUT2D eigenvalue weighted by atomic mass is 10.3. The minimum Gasteiger partial charge on any atom is -0.399 e. The van der Waals surface area contributed by atoms with Crippen molar-refractivity contribution in [3.05, 3.63) is 40.6 Å². The molecule has 0 fully saturated rings. The fourth-order valence-electron chi connectivity index (χ4n) is 1.30. The van der Waals surface area contributed by atoms with Gasteiger partial charge >= 0.3 is 0 Å². The van der Waals surface area contributed by atoms with Crippen LogP contribution in [-0.4, -0.2) is 15.7 Å². The molecule has 1 aromatic heterocycles. The Hall–Kier alpha value is -1.82. The van der Waals surface area contributed by atoms with Gasteiger partial charge in [0.25, 0.3) is 5.91 Å². The van der Waals surface area contributed by atoms with E-state index < -0.39 is 5.91 Å². The Morgan fingerprint density at radius 3 is 2.69 bits per heavy atom. The molecule has 0 bridgehead atoms. The van der Waals surface area contributed by atoms with Crippen LogP contribution < -0.4 is 11.5 Å². The molecule has 0 aliphatic carbocycles. The lowest BCUT2D eigenvalue weighted by molar-refractivity contribution is 0.0995. The van der Waals surface area contributed by atoms with Crippen molar-refractivity contribution in [2.45, 2.75) is 0 Å². The summed E-state index contributed by atoms with van der Waals surface area (Å²) < 4.78 is 2.36. The molecule has 0 radical (unpaired) electrons. The average Bonchev–Trinajstić information content (AvgIpc) is 2.66. The van der Waals surface area contributed by atoms with Crippen molar-refractivity contribution in [2.24, 2.45) is 5.73 Å². The quantitative estimate of drug-likeness (QED) is 0.814. The summed E-state index contributed by atoms with van der Waals surface area (Å²) in [4.78, 5) is 10.9. The maximum Gasteiger partial charge on any atom is 0.269 e. The molecule has 2 aromatic rings. The Bertz CT molecular complexity index is 550. The molecule has 0 aliphatic heterocycles. The van der Waals surface area contributed by atoms with Gasteiger partial charge in [-0.2, -0.15) is 5.10 Å². The van der Waals surface area contributed by atoms with Crippen molar-refractivity contribution in [3.8, 4) is 5.69 Å². The van der Waals surface area contributed by atoms with Gasteiger partial charge in [-0.05, 0) is 40.2 Å². The number of nitrogen functional groups attached to an aromatic ring is 1. The molecule has 1 aromatic carbocycles. The summed E-state index contributed by atoms with van der Waals surface area (Å²) >= 11 is 3.37. The van der Waals surface area contributed by atoms with Crippen molar-refractivity contribution in [2.75, 3.05) is 5.73 Å². The molecule has 0 aliphatic rings. The number of hydrogen-bond donors (Lipinski definition) is 2. The monoisotopic (exact) mass is 280 g/mol. The largest absolute Gasteiger partial charge is 0.399 e. The minimum absolute atomic E-state index is 0.226. The maximum atomic E-state index is 10.9. The summed E-state index contributed by atoms with van der Waals surface area (Å²) in [7, 11) is 0. The third-order valence-corrected chi connectivity index (χ3v) is 2.70. The molecule has 4 N–H and O–H groups in total. The lowest BCUT2D eigenvalue weighted by Gasteiger charge is -2.04. The van der Waals surface area contributed by atoms with E-state index in [9.17, 15) is 4.79 Å². The van der Waals surface area contributed by atoms with Crippen LogP contribution in [0.4, 0.5) is 5.69 Å². The highest BCUT2D eigenvalue weighted by atomic mass is 79.9. The van der Waals surface area contributed by atoms with Crippen LogP contribution in [-0.2, 0) is 0 Å². The highest BCUT2D eigenvalue weighted by Crippen LogP contribution is 2.23. The minimum atomic E-state index is -0.551. The van der Waals surface area contributed by atoms with E-state index in [1.807, 2.05) is 0 Å². The van der Waals surface area contributed by atoms with Gasteiger partial charge < -0.3 is 11.5 Å². The molecule has 0 unspecified atom stereocenters. The Kier molecular flexibility index (Phi) is 2.66. The molecule has 2 rings (SSSR count). The van der Waals surface area contributed by atoms with E-state index >= 15 is 0 Å². The first-order valence-electron chi connectivity index (χ1n) is 4.49. The van der Waals surface area contributed by atoms with E-state index in [2.05, 4.69) is 21.0 Å². The number of nitrogens with zero attached hydrogens (tertiary/aromatic N) is 2. The second-order valence-electron chi connectivity index (χ2n) is 3.22. The van der Waals surface area contributed by atoms with Crippen molar-refractivity contribution in [3.63, 3.8) is 0 Å². The fourth-order valence-corrected chi connectivity index (χ4v) is 1.88. The van der Waals surface area contributed by atoms with E-state index in [-0.39, 0.29) is 5.69 Å². The highest BCUT2D eigenvalue weighted by Gasteiger charge is 2.08. The van der Waals surface area contributed by atoms with Gasteiger partial charge in [-0.1, -0.05) is 0 Å². The van der Waals surface area contributed by atoms with Crippen LogP contribution in [0, 0.1) is 0 Å². The molecule has 1 amide bonds. The summed E-state index contributed by atoms with van der Waals surface area (Å²) in [6, 6.07) is 6.88. The summed E-state index contributed by atoms with van der Waals surface area (Å²) in [6.07, 6.45) is 1.66. The predicted octanol–water partition coefficient (Wildman–Crippen LogP) is 1.32. The lowest BCUT2D eigenvalue weighted by Crippen LogP contribution is -2.12. The van der Waals surface area contributed by atoms with Crippen LogP contribution in [0.3, 0.4) is 0 Å². The Balaban J connectivity index is 2.46. The van der Waals surface area contributed by atoms with Gasteiger partial charge in [0.05, 0.1) is 5.69 Å². The van der Waals surface area contributed by atoms with Gasteiger partial charge in [-0.25, -0.2) is 4.68 Å². The van der Waals surface area contributed by atoms with Crippen LogP contribution >= 0.6 is 15.9 Å². The highest BCUT2D eigenvalue weighted by molar-refractivity contribution is 9.10. The maximum absolute atomic E-state index is 10.9. The number of halogens is 1. The van der Waals surface area contributed by atoms with E-state index in [0.29, 0.717) is 5.69 Å². The number of amides is 1. The average molecular weight is 281 g/mol. The van der Waals surface area contributed by atoms with E-state index in [4.69, 9.17) is 11.5 Å². The van der Waals surface area contributed by atoms with Crippen LogP contribution in [0.25, 0.3) is 5.69 Å². The third-order valence-electron chi connectivity index (χ3n) is 2.06. The van der Waals surface area contributed by atoms with E-state index in [0.717, 1.165) is 10.2 Å². The standard InChI is InChI=1S/C10H9BrN4O/c11-7-5-6(12)1-2-9(7)15-4-3-8(14-15)10(13)16/h1-5H,12H2,(H2,13,16). The van der Waals surface area contributed by atoms with Crippen LogP contribution in [0.5, 0.6) is 0 Å². The van der Waals surface area contributed by atoms with Gasteiger partial charge in [0.15, 0.2) is 0 Å². The zero-order valence-electron chi connectivity index (χ0n) is 8.22. The summed E-state index contributed by atoms with van der Waals surface area (Å²) in [5.41, 5.74) is 12.4. The van der Waals surface area contributed by atoms with E-state index in [1.54, 1.807) is 35.1 Å². The number of benzene rings is 1. The molecule has 6 heteroatoms. The van der Waals surface area contributed by atoms with Crippen molar-refractivity contribution in [1.29, 1.82) is 0 Å². The molecule has 82 valence electrons. The fraction of sp³-hybridized carbons (Fsp3) is 0. The summed E-state index contributed by atoms with van der Waals surface area (Å²) in [5.74, 6) is -0.551. The van der Waals surface area contributed by atoms with Crippen LogP contribution in [0.15, 0.2) is 34.9 Å². The van der Waals surface area contributed by atoms with Crippen LogP contribution in [0.2, 0.25) is 0 Å².